The molecule has 1 aromatic carbocycles. The molecule has 184 valence electrons. The van der Waals surface area contributed by atoms with E-state index in [2.05, 4.69) is 12.2 Å². The van der Waals surface area contributed by atoms with Crippen LogP contribution in [0.5, 0.6) is 0 Å². The zero-order valence-corrected chi connectivity index (χ0v) is 20.0. The maximum atomic E-state index is 12.9. The summed E-state index contributed by atoms with van der Waals surface area (Å²) in [6.07, 6.45) is 5.61. The first kappa shape index (κ1) is 25.4. The Balaban J connectivity index is 1.64. The minimum atomic E-state index is -3.82. The summed E-state index contributed by atoms with van der Waals surface area (Å²) < 4.78 is 32.3. The Kier molecular flexibility index (Phi) is 9.04. The van der Waals surface area contributed by atoms with Crippen molar-refractivity contribution in [1.29, 1.82) is 0 Å². The molecule has 2 fully saturated rings. The van der Waals surface area contributed by atoms with Crippen molar-refractivity contribution in [3.63, 3.8) is 0 Å². The fraction of sp³-hybridized carbons (Fsp3) is 0.682. The van der Waals surface area contributed by atoms with Crippen LogP contribution in [0, 0.1) is 16.0 Å². The van der Waals surface area contributed by atoms with Gasteiger partial charge in [0.2, 0.25) is 15.9 Å². The summed E-state index contributed by atoms with van der Waals surface area (Å²) in [7, 11) is -3.82. The third-order valence-corrected chi connectivity index (χ3v) is 8.18. The van der Waals surface area contributed by atoms with Crippen molar-refractivity contribution >= 4 is 27.3 Å². The molecule has 2 aliphatic rings. The van der Waals surface area contributed by atoms with E-state index in [4.69, 9.17) is 4.74 Å². The molecule has 0 aliphatic carbocycles. The number of nitro benzene ring substituents is 1. The van der Waals surface area contributed by atoms with E-state index in [-0.39, 0.29) is 35.5 Å². The third-order valence-electron chi connectivity index (χ3n) is 6.29. The van der Waals surface area contributed by atoms with E-state index in [0.29, 0.717) is 51.4 Å². The molecule has 11 heteroatoms. The van der Waals surface area contributed by atoms with Gasteiger partial charge >= 0.3 is 0 Å². The molecule has 0 bridgehead atoms. The van der Waals surface area contributed by atoms with Crippen molar-refractivity contribution in [1.82, 2.24) is 9.62 Å². The smallest absolute Gasteiger partial charge is 0.293 e. The van der Waals surface area contributed by atoms with Crippen LogP contribution >= 0.6 is 0 Å². The van der Waals surface area contributed by atoms with Crippen LogP contribution in [0.15, 0.2) is 23.1 Å². The standard InChI is InChI=1S/C22H34N4O6S/c1-2-3-4-5-10-23-22(27)18-8-11-24(12-9-18)20-7-6-19(17-21(20)26(28)29)33(30,31)25-13-15-32-16-14-25/h6-7,17-18H,2-5,8-16H2,1H3,(H,23,27). The van der Waals surface area contributed by atoms with E-state index >= 15 is 0 Å². The average Bonchev–Trinajstić information content (AvgIpc) is 2.84. The molecule has 1 aromatic rings. The van der Waals surface area contributed by atoms with E-state index in [1.165, 1.54) is 22.9 Å². The van der Waals surface area contributed by atoms with E-state index in [1.807, 2.05) is 4.90 Å². The fourth-order valence-electron chi connectivity index (χ4n) is 4.30. The van der Waals surface area contributed by atoms with E-state index in [9.17, 15) is 23.3 Å². The van der Waals surface area contributed by atoms with Gasteiger partial charge in [-0.3, -0.25) is 14.9 Å². The first-order valence-corrected chi connectivity index (χ1v) is 13.2. The molecule has 0 radical (unpaired) electrons. The number of ether oxygens (including phenoxy) is 1. The van der Waals surface area contributed by atoms with Gasteiger partial charge in [0.25, 0.3) is 5.69 Å². The average molecular weight is 483 g/mol. The van der Waals surface area contributed by atoms with Crippen LogP contribution in [0.1, 0.15) is 45.4 Å². The van der Waals surface area contributed by atoms with E-state index in [0.717, 1.165) is 25.3 Å². The van der Waals surface area contributed by atoms with Gasteiger partial charge in [-0.1, -0.05) is 26.2 Å². The molecule has 0 atom stereocenters. The van der Waals surface area contributed by atoms with Crippen molar-refractivity contribution in [3.05, 3.63) is 28.3 Å². The number of anilines is 1. The Morgan fingerprint density at radius 2 is 1.85 bits per heavy atom. The number of unbranched alkanes of at least 4 members (excludes halogenated alkanes) is 3. The molecule has 2 aliphatic heterocycles. The van der Waals surface area contributed by atoms with Crippen LogP contribution in [0.2, 0.25) is 0 Å². The minimum absolute atomic E-state index is 0.0487. The van der Waals surface area contributed by atoms with Gasteiger partial charge < -0.3 is 15.0 Å². The van der Waals surface area contributed by atoms with E-state index in [1.54, 1.807) is 0 Å². The highest BCUT2D eigenvalue weighted by molar-refractivity contribution is 7.89. The lowest BCUT2D eigenvalue weighted by molar-refractivity contribution is -0.384. The number of carbonyl (C=O) groups excluding carboxylic acids is 1. The van der Waals surface area contributed by atoms with Gasteiger partial charge in [-0.25, -0.2) is 8.42 Å². The number of piperidine rings is 1. The highest BCUT2D eigenvalue weighted by atomic mass is 32.2. The summed E-state index contributed by atoms with van der Waals surface area (Å²) >= 11 is 0. The molecule has 10 nitrogen and oxygen atoms in total. The highest BCUT2D eigenvalue weighted by Gasteiger charge is 2.32. The van der Waals surface area contributed by atoms with Crippen molar-refractivity contribution < 1.29 is 22.9 Å². The summed E-state index contributed by atoms with van der Waals surface area (Å²) in [6, 6.07) is 4.09. The van der Waals surface area contributed by atoms with Crippen LogP contribution in [0.3, 0.4) is 0 Å². The number of nitrogens with one attached hydrogen (secondary N) is 1. The Hall–Kier alpha value is -2.24. The zero-order chi connectivity index (χ0) is 23.8. The van der Waals surface area contributed by atoms with Crippen LogP contribution in [0.4, 0.5) is 11.4 Å². The van der Waals surface area contributed by atoms with Crippen molar-refractivity contribution in [2.24, 2.45) is 5.92 Å². The SMILES string of the molecule is CCCCCCNC(=O)C1CCN(c2ccc(S(=O)(=O)N3CCOCC3)cc2[N+](=O)[O-])CC1. The lowest BCUT2D eigenvalue weighted by atomic mass is 9.95. The number of nitrogens with zero attached hydrogens (tertiary/aromatic N) is 3. The second-order valence-corrected chi connectivity index (χ2v) is 10.5. The predicted molar refractivity (Wildman–Crippen MR) is 125 cm³/mol. The lowest BCUT2D eigenvalue weighted by Crippen LogP contribution is -2.41. The number of rotatable bonds is 10. The molecular formula is C22H34N4O6S. The number of benzene rings is 1. The third kappa shape index (κ3) is 6.42. The number of hydrogen-bond acceptors (Lipinski definition) is 7. The Labute approximate surface area is 195 Å². The number of carbonyl (C=O) groups is 1. The van der Waals surface area contributed by atoms with Crippen molar-refractivity contribution in [3.8, 4) is 0 Å². The Morgan fingerprint density at radius 3 is 2.48 bits per heavy atom. The monoisotopic (exact) mass is 482 g/mol. The predicted octanol–water partition coefficient (Wildman–Crippen LogP) is 2.53. The topological polar surface area (TPSA) is 122 Å². The highest BCUT2D eigenvalue weighted by Crippen LogP contribution is 2.34. The first-order valence-electron chi connectivity index (χ1n) is 11.7. The molecule has 0 aromatic heterocycles. The van der Waals surface area contributed by atoms with Gasteiger partial charge in [0.05, 0.1) is 23.0 Å². The van der Waals surface area contributed by atoms with Crippen LogP contribution in [0.25, 0.3) is 0 Å². The van der Waals surface area contributed by atoms with Gasteiger partial charge in [-0.15, -0.1) is 0 Å². The lowest BCUT2D eigenvalue weighted by Gasteiger charge is -2.33. The second kappa shape index (κ2) is 11.8. The molecular weight excluding hydrogens is 448 g/mol. The van der Waals surface area contributed by atoms with Gasteiger partial charge in [-0.2, -0.15) is 4.31 Å². The fourth-order valence-corrected chi connectivity index (χ4v) is 5.73. The summed E-state index contributed by atoms with van der Waals surface area (Å²) in [5.41, 5.74) is 0.155. The molecule has 0 spiro atoms. The second-order valence-electron chi connectivity index (χ2n) is 8.54. The first-order chi connectivity index (χ1) is 15.8. The molecule has 33 heavy (non-hydrogen) atoms. The number of hydrogen-bond donors (Lipinski definition) is 1. The summed E-state index contributed by atoms with van der Waals surface area (Å²) in [4.78, 5) is 25.5. The summed E-state index contributed by atoms with van der Waals surface area (Å²) in [5, 5.41) is 14.8. The molecule has 2 heterocycles. The maximum Gasteiger partial charge on any atom is 0.293 e. The zero-order valence-electron chi connectivity index (χ0n) is 19.2. The quantitative estimate of drug-likeness (QED) is 0.309. The normalized spacial score (nSPS) is 18.3. The molecule has 0 unspecified atom stereocenters. The van der Waals surface area contributed by atoms with Crippen LogP contribution in [-0.4, -0.2) is 69.5 Å². The molecule has 1 N–H and O–H groups in total. The number of sulfonamides is 1. The Morgan fingerprint density at radius 1 is 1.15 bits per heavy atom. The molecule has 2 saturated heterocycles. The van der Waals surface area contributed by atoms with Crippen molar-refractivity contribution in [2.75, 3.05) is 50.8 Å². The number of nitro groups is 1. The molecule has 3 rings (SSSR count). The van der Waals surface area contributed by atoms with Crippen LogP contribution in [-0.2, 0) is 19.6 Å². The number of morpholine rings is 1. The van der Waals surface area contributed by atoms with Gasteiger partial charge in [0.15, 0.2) is 0 Å². The van der Waals surface area contributed by atoms with Crippen molar-refractivity contribution in [2.45, 2.75) is 50.3 Å². The van der Waals surface area contributed by atoms with Gasteiger partial charge in [0, 0.05) is 44.7 Å². The minimum Gasteiger partial charge on any atom is -0.379 e. The summed E-state index contributed by atoms with van der Waals surface area (Å²) in [5.74, 6) is -0.0555. The van der Waals surface area contributed by atoms with Gasteiger partial charge in [-0.05, 0) is 31.4 Å². The molecule has 1 amide bonds. The number of amides is 1. The van der Waals surface area contributed by atoms with E-state index < -0.39 is 14.9 Å². The largest absolute Gasteiger partial charge is 0.379 e. The Bertz CT molecular complexity index is 925. The van der Waals surface area contributed by atoms with Crippen LogP contribution < -0.4 is 10.2 Å². The molecule has 0 saturated carbocycles. The summed E-state index contributed by atoms with van der Waals surface area (Å²) in [6.45, 7) is 4.91. The van der Waals surface area contributed by atoms with Gasteiger partial charge in [0.1, 0.15) is 5.69 Å². The maximum absolute atomic E-state index is 12.9.